The molecule has 2 N–H and O–H groups in total. The second kappa shape index (κ2) is 9.98. The molecule has 156 valence electrons. The van der Waals surface area contributed by atoms with E-state index in [0.29, 0.717) is 23.1 Å². The fourth-order valence-corrected chi connectivity index (χ4v) is 3.02. The molecule has 0 unspecified atom stereocenters. The minimum absolute atomic E-state index is 0.115. The Morgan fingerprint density at radius 2 is 1.67 bits per heavy atom. The molecule has 0 aromatic heterocycles. The summed E-state index contributed by atoms with van der Waals surface area (Å²) in [6.07, 6.45) is 0. The molecule has 7 heteroatoms. The van der Waals surface area contributed by atoms with E-state index in [-0.39, 0.29) is 18.3 Å². The molecule has 0 spiro atoms. The monoisotopic (exact) mass is 428 g/mol. The van der Waals surface area contributed by atoms with Gasteiger partial charge in [0, 0.05) is 35.9 Å². The van der Waals surface area contributed by atoms with Gasteiger partial charge in [-0.25, -0.2) is 4.39 Å². The number of rotatable bonds is 8. The van der Waals surface area contributed by atoms with Crippen LogP contribution in [0.4, 0.5) is 15.8 Å². The lowest BCUT2D eigenvalue weighted by Gasteiger charge is -2.15. The second-order valence-corrected chi connectivity index (χ2v) is 7.03. The molecule has 0 saturated heterocycles. The highest BCUT2D eigenvalue weighted by molar-refractivity contribution is 6.31. The molecule has 0 atom stereocenters. The van der Waals surface area contributed by atoms with Crippen LogP contribution >= 0.6 is 11.6 Å². The van der Waals surface area contributed by atoms with E-state index in [4.69, 9.17) is 21.1 Å². The van der Waals surface area contributed by atoms with Crippen molar-refractivity contribution in [3.8, 4) is 11.5 Å². The Bertz CT molecular complexity index is 1010. The first-order valence-electron chi connectivity index (χ1n) is 9.30. The van der Waals surface area contributed by atoms with Crippen LogP contribution in [0.15, 0.2) is 60.7 Å². The van der Waals surface area contributed by atoms with Crippen LogP contribution in [-0.4, -0.2) is 13.0 Å². The number of nitrogens with one attached hydrogen (secondary N) is 2. The van der Waals surface area contributed by atoms with Gasteiger partial charge in [0.1, 0.15) is 12.4 Å². The molecular weight excluding hydrogens is 407 g/mol. The van der Waals surface area contributed by atoms with Crippen molar-refractivity contribution in [3.63, 3.8) is 0 Å². The number of halogens is 2. The molecule has 5 nitrogen and oxygen atoms in total. The van der Waals surface area contributed by atoms with Gasteiger partial charge in [-0.2, -0.15) is 0 Å². The standard InChI is InChI=1S/C23H22ClFN2O3/c1-15(28)27-20-9-7-19(8-10-20)26-13-17-11-22(29-2)23(12-21(17)24)30-14-16-3-5-18(25)6-4-16/h3-12,26H,13-14H2,1-2H3,(H,27,28). The van der Waals surface area contributed by atoms with Crippen LogP contribution in [0.3, 0.4) is 0 Å². The van der Waals surface area contributed by atoms with Crippen LogP contribution in [-0.2, 0) is 17.9 Å². The first-order valence-corrected chi connectivity index (χ1v) is 9.67. The summed E-state index contributed by atoms with van der Waals surface area (Å²) >= 11 is 6.44. The molecule has 3 aromatic carbocycles. The Labute approximate surface area is 179 Å². The van der Waals surface area contributed by atoms with Gasteiger partial charge in [0.25, 0.3) is 0 Å². The molecule has 0 fully saturated rings. The minimum Gasteiger partial charge on any atom is -0.493 e. The number of hydrogen-bond acceptors (Lipinski definition) is 4. The lowest BCUT2D eigenvalue weighted by molar-refractivity contribution is -0.114. The predicted molar refractivity (Wildman–Crippen MR) is 117 cm³/mol. The molecule has 1 amide bonds. The number of carbonyl (C=O) groups is 1. The topological polar surface area (TPSA) is 59.6 Å². The summed E-state index contributed by atoms with van der Waals surface area (Å²) in [6, 6.07) is 17.0. The number of carbonyl (C=O) groups excluding carboxylic acids is 1. The Balaban J connectivity index is 1.65. The zero-order valence-electron chi connectivity index (χ0n) is 16.7. The van der Waals surface area contributed by atoms with E-state index in [9.17, 15) is 9.18 Å². The maximum atomic E-state index is 13.0. The molecule has 3 rings (SSSR count). The van der Waals surface area contributed by atoms with E-state index in [1.54, 1.807) is 25.3 Å². The highest BCUT2D eigenvalue weighted by atomic mass is 35.5. The Morgan fingerprint density at radius 3 is 2.30 bits per heavy atom. The summed E-state index contributed by atoms with van der Waals surface area (Å²) in [4.78, 5) is 11.1. The van der Waals surface area contributed by atoms with Crippen molar-refractivity contribution < 1.29 is 18.7 Å². The molecule has 0 aliphatic rings. The zero-order valence-corrected chi connectivity index (χ0v) is 17.4. The molecule has 3 aromatic rings. The second-order valence-electron chi connectivity index (χ2n) is 6.62. The Hall–Kier alpha value is -3.25. The van der Waals surface area contributed by atoms with E-state index >= 15 is 0 Å². The van der Waals surface area contributed by atoms with Gasteiger partial charge in [-0.05, 0) is 53.6 Å². The van der Waals surface area contributed by atoms with Crippen molar-refractivity contribution in [1.82, 2.24) is 0 Å². The van der Waals surface area contributed by atoms with Gasteiger partial charge in [-0.1, -0.05) is 23.7 Å². The van der Waals surface area contributed by atoms with Crippen molar-refractivity contribution in [2.75, 3.05) is 17.7 Å². The number of benzene rings is 3. The van der Waals surface area contributed by atoms with Crippen molar-refractivity contribution >= 4 is 28.9 Å². The van der Waals surface area contributed by atoms with Crippen molar-refractivity contribution in [2.45, 2.75) is 20.1 Å². The number of hydrogen-bond donors (Lipinski definition) is 2. The number of ether oxygens (including phenoxy) is 2. The zero-order chi connectivity index (χ0) is 21.5. The number of methoxy groups -OCH3 is 1. The summed E-state index contributed by atoms with van der Waals surface area (Å²) in [7, 11) is 1.56. The molecule has 0 bridgehead atoms. The van der Waals surface area contributed by atoms with Crippen molar-refractivity contribution in [2.24, 2.45) is 0 Å². The highest BCUT2D eigenvalue weighted by Gasteiger charge is 2.11. The van der Waals surface area contributed by atoms with Crippen LogP contribution in [0, 0.1) is 5.82 Å². The van der Waals surface area contributed by atoms with Gasteiger partial charge >= 0.3 is 0 Å². The Kier molecular flexibility index (Phi) is 7.14. The van der Waals surface area contributed by atoms with Gasteiger partial charge in [-0.15, -0.1) is 0 Å². The van der Waals surface area contributed by atoms with Crippen LogP contribution in [0.1, 0.15) is 18.1 Å². The lowest BCUT2D eigenvalue weighted by Crippen LogP contribution is -2.06. The molecule has 0 aliphatic heterocycles. The SMILES string of the molecule is COc1cc(CNc2ccc(NC(C)=O)cc2)c(Cl)cc1OCc1ccc(F)cc1. The predicted octanol–water partition coefficient (Wildman–Crippen LogP) is 5.64. The maximum Gasteiger partial charge on any atom is 0.221 e. The van der Waals surface area contributed by atoms with Crippen molar-refractivity contribution in [3.05, 3.63) is 82.6 Å². The third kappa shape index (κ3) is 5.87. The average Bonchev–Trinajstić information content (AvgIpc) is 2.73. The fourth-order valence-electron chi connectivity index (χ4n) is 2.80. The number of amides is 1. The summed E-state index contributed by atoms with van der Waals surface area (Å²) in [5.74, 6) is 0.659. The summed E-state index contributed by atoms with van der Waals surface area (Å²) < 4.78 is 24.3. The van der Waals surface area contributed by atoms with Gasteiger partial charge < -0.3 is 20.1 Å². The Morgan fingerprint density at radius 1 is 1.00 bits per heavy atom. The highest BCUT2D eigenvalue weighted by Crippen LogP contribution is 2.34. The molecule has 0 aliphatic carbocycles. The quantitative estimate of drug-likeness (QED) is 0.487. The van der Waals surface area contributed by atoms with E-state index in [1.807, 2.05) is 30.3 Å². The van der Waals surface area contributed by atoms with Gasteiger partial charge in [0.05, 0.1) is 7.11 Å². The molecular formula is C23H22ClFN2O3. The third-order valence-corrected chi connectivity index (χ3v) is 4.68. The maximum absolute atomic E-state index is 13.0. The smallest absolute Gasteiger partial charge is 0.221 e. The van der Waals surface area contributed by atoms with Gasteiger partial charge in [0.15, 0.2) is 11.5 Å². The van der Waals surface area contributed by atoms with Crippen LogP contribution in [0.5, 0.6) is 11.5 Å². The van der Waals surface area contributed by atoms with Crippen molar-refractivity contribution in [1.29, 1.82) is 0 Å². The average molecular weight is 429 g/mol. The van der Waals surface area contributed by atoms with E-state index in [2.05, 4.69) is 10.6 Å². The summed E-state index contributed by atoms with van der Waals surface area (Å²) in [6.45, 7) is 2.21. The normalized spacial score (nSPS) is 10.4. The lowest BCUT2D eigenvalue weighted by atomic mass is 10.2. The summed E-state index contributed by atoms with van der Waals surface area (Å²) in [5, 5.41) is 6.55. The summed E-state index contributed by atoms with van der Waals surface area (Å²) in [5.41, 5.74) is 3.29. The van der Waals surface area contributed by atoms with Crippen LogP contribution in [0.2, 0.25) is 5.02 Å². The van der Waals surface area contributed by atoms with E-state index < -0.39 is 0 Å². The van der Waals surface area contributed by atoms with Gasteiger partial charge in [0.2, 0.25) is 5.91 Å². The van der Waals surface area contributed by atoms with E-state index in [1.165, 1.54) is 19.1 Å². The fraction of sp³-hybridized carbons (Fsp3) is 0.174. The first-order chi connectivity index (χ1) is 14.4. The molecule has 0 radical (unpaired) electrons. The first kappa shape index (κ1) is 21.5. The number of anilines is 2. The van der Waals surface area contributed by atoms with Crippen LogP contribution < -0.4 is 20.1 Å². The van der Waals surface area contributed by atoms with E-state index in [0.717, 1.165) is 22.5 Å². The van der Waals surface area contributed by atoms with Gasteiger partial charge in [-0.3, -0.25) is 4.79 Å². The molecule has 0 heterocycles. The van der Waals surface area contributed by atoms with Crippen LogP contribution in [0.25, 0.3) is 0 Å². The molecule has 0 saturated carbocycles. The largest absolute Gasteiger partial charge is 0.493 e. The minimum atomic E-state index is -0.291. The third-order valence-electron chi connectivity index (χ3n) is 4.33. The molecule has 30 heavy (non-hydrogen) atoms.